The first-order chi connectivity index (χ1) is 8.22. The fourth-order valence-electron chi connectivity index (χ4n) is 1.50. The van der Waals surface area contributed by atoms with E-state index >= 15 is 0 Å². The maximum Gasteiger partial charge on any atom is 0.0992 e. The van der Waals surface area contributed by atoms with Crippen LogP contribution >= 0.6 is 23.2 Å². The number of nitrogens with zero attached hydrogens (tertiary/aromatic N) is 3. The molecule has 0 aliphatic carbocycles. The molecular weight excluding hydrogens is 257 g/mol. The Labute approximate surface area is 109 Å². The highest BCUT2D eigenvalue weighted by atomic mass is 35.5. The van der Waals surface area contributed by atoms with Gasteiger partial charge in [0.15, 0.2) is 0 Å². The van der Waals surface area contributed by atoms with Crippen LogP contribution in [0.1, 0.15) is 16.8 Å². The largest absolute Gasteiger partial charge is 0.333 e. The van der Waals surface area contributed by atoms with Gasteiger partial charge in [-0.05, 0) is 17.7 Å². The molecule has 0 atom stereocenters. The van der Waals surface area contributed by atoms with Gasteiger partial charge in [0, 0.05) is 17.8 Å². The Morgan fingerprint density at radius 1 is 1.41 bits per heavy atom. The minimum Gasteiger partial charge on any atom is -0.333 e. The van der Waals surface area contributed by atoms with Gasteiger partial charge in [-0.2, -0.15) is 5.26 Å². The molecule has 0 bridgehead atoms. The van der Waals surface area contributed by atoms with Crippen molar-refractivity contribution in [2.24, 2.45) is 0 Å². The zero-order valence-corrected chi connectivity index (χ0v) is 10.4. The Hall–Kier alpha value is -1.50. The molecule has 17 heavy (non-hydrogen) atoms. The van der Waals surface area contributed by atoms with Gasteiger partial charge in [-0.1, -0.05) is 17.7 Å². The van der Waals surface area contributed by atoms with Crippen LogP contribution in [0.15, 0.2) is 30.7 Å². The lowest BCUT2D eigenvalue weighted by atomic mass is 10.1. The molecule has 3 nitrogen and oxygen atoms in total. The normalized spacial score (nSPS) is 10.2. The summed E-state index contributed by atoms with van der Waals surface area (Å²) in [5.41, 5.74) is 2.34. The molecule has 0 amide bonds. The van der Waals surface area contributed by atoms with Gasteiger partial charge in [0.1, 0.15) is 0 Å². The van der Waals surface area contributed by atoms with E-state index in [4.69, 9.17) is 28.5 Å². The van der Waals surface area contributed by atoms with Crippen molar-refractivity contribution in [2.45, 2.75) is 12.4 Å². The molecule has 0 fully saturated rings. The molecule has 0 radical (unpaired) electrons. The quantitative estimate of drug-likeness (QED) is 0.800. The third kappa shape index (κ3) is 2.79. The molecule has 0 saturated heterocycles. The Morgan fingerprint density at radius 3 is 2.82 bits per heavy atom. The Bertz CT molecular complexity index is 569. The van der Waals surface area contributed by atoms with Gasteiger partial charge in [-0.3, -0.25) is 0 Å². The zero-order chi connectivity index (χ0) is 12.3. The van der Waals surface area contributed by atoms with E-state index in [1.807, 2.05) is 16.8 Å². The van der Waals surface area contributed by atoms with Crippen molar-refractivity contribution in [2.75, 3.05) is 0 Å². The maximum atomic E-state index is 8.74. The molecule has 0 N–H and O–H groups in total. The van der Waals surface area contributed by atoms with Crippen LogP contribution in [0.5, 0.6) is 0 Å². The van der Waals surface area contributed by atoms with Crippen LogP contribution < -0.4 is 0 Å². The number of rotatable bonds is 3. The van der Waals surface area contributed by atoms with E-state index < -0.39 is 0 Å². The van der Waals surface area contributed by atoms with Crippen molar-refractivity contribution in [3.05, 3.63) is 52.6 Å². The minimum absolute atomic E-state index is 0.397. The summed E-state index contributed by atoms with van der Waals surface area (Å²) in [5, 5.41) is 9.33. The highest BCUT2D eigenvalue weighted by molar-refractivity contribution is 6.31. The summed E-state index contributed by atoms with van der Waals surface area (Å²) in [5.74, 6) is 0.397. The molecule has 86 valence electrons. The van der Waals surface area contributed by atoms with Gasteiger partial charge < -0.3 is 4.57 Å². The Kier molecular flexibility index (Phi) is 3.68. The predicted octanol–water partition coefficient (Wildman–Crippen LogP) is 3.20. The molecule has 0 aliphatic rings. The monoisotopic (exact) mass is 265 g/mol. The number of benzene rings is 1. The summed E-state index contributed by atoms with van der Waals surface area (Å²) in [6.45, 7) is 0.619. The smallest absolute Gasteiger partial charge is 0.0992 e. The van der Waals surface area contributed by atoms with Crippen LogP contribution in [-0.4, -0.2) is 9.55 Å². The fourth-order valence-corrected chi connectivity index (χ4v) is 1.88. The third-order valence-corrected chi connectivity index (χ3v) is 2.98. The van der Waals surface area contributed by atoms with Gasteiger partial charge in [-0.15, -0.1) is 11.6 Å². The number of alkyl halides is 1. The molecule has 5 heteroatoms. The van der Waals surface area contributed by atoms with E-state index in [1.165, 1.54) is 0 Å². The second-order valence-corrected chi connectivity index (χ2v) is 4.26. The molecule has 0 unspecified atom stereocenters. The second-order valence-electron chi connectivity index (χ2n) is 3.59. The first-order valence-electron chi connectivity index (χ1n) is 4.98. The predicted molar refractivity (Wildman–Crippen MR) is 67.1 cm³/mol. The number of aromatic nitrogens is 2. The first kappa shape index (κ1) is 12.0. The molecule has 1 heterocycles. The van der Waals surface area contributed by atoms with Crippen molar-refractivity contribution in [1.29, 1.82) is 5.26 Å². The maximum absolute atomic E-state index is 8.74. The van der Waals surface area contributed by atoms with Crippen LogP contribution in [0.4, 0.5) is 0 Å². The first-order valence-corrected chi connectivity index (χ1v) is 5.89. The van der Waals surface area contributed by atoms with E-state index in [1.54, 1.807) is 18.5 Å². The van der Waals surface area contributed by atoms with Crippen LogP contribution in [0.2, 0.25) is 5.02 Å². The molecule has 0 spiro atoms. The number of imidazole rings is 1. The van der Waals surface area contributed by atoms with Gasteiger partial charge in [-0.25, -0.2) is 4.98 Å². The molecule has 0 aliphatic heterocycles. The number of halogens is 2. The van der Waals surface area contributed by atoms with E-state index in [0.717, 1.165) is 11.3 Å². The van der Waals surface area contributed by atoms with Crippen molar-refractivity contribution < 1.29 is 0 Å². The van der Waals surface area contributed by atoms with E-state index in [-0.39, 0.29) is 0 Å². The highest BCUT2D eigenvalue weighted by Gasteiger charge is 2.04. The van der Waals surface area contributed by atoms with Crippen molar-refractivity contribution in [3.63, 3.8) is 0 Å². The van der Waals surface area contributed by atoms with Crippen molar-refractivity contribution >= 4 is 23.2 Å². The van der Waals surface area contributed by atoms with Gasteiger partial charge in [0.25, 0.3) is 0 Å². The molecule has 2 aromatic rings. The Morgan fingerprint density at radius 2 is 2.24 bits per heavy atom. The van der Waals surface area contributed by atoms with Gasteiger partial charge in [0.05, 0.1) is 29.5 Å². The average molecular weight is 266 g/mol. The van der Waals surface area contributed by atoms with Crippen molar-refractivity contribution in [1.82, 2.24) is 9.55 Å². The lowest BCUT2D eigenvalue weighted by molar-refractivity contribution is 0.797. The lowest BCUT2D eigenvalue weighted by Gasteiger charge is -2.05. The lowest BCUT2D eigenvalue weighted by Crippen LogP contribution is -1.97. The summed E-state index contributed by atoms with van der Waals surface area (Å²) in [4.78, 5) is 4.13. The Balaban J connectivity index is 2.21. The molecule has 2 rings (SSSR count). The fraction of sp³-hybridized carbons (Fsp3) is 0.167. The number of hydrogen-bond acceptors (Lipinski definition) is 2. The van der Waals surface area contributed by atoms with E-state index in [9.17, 15) is 0 Å². The third-order valence-electron chi connectivity index (χ3n) is 2.36. The summed E-state index contributed by atoms with van der Waals surface area (Å²) in [6.07, 6.45) is 3.59. The zero-order valence-electron chi connectivity index (χ0n) is 8.90. The SMILES string of the molecule is N#Cc1ccc(Cn2cnc(CCl)c2)c(Cl)c1. The van der Waals surface area contributed by atoms with Gasteiger partial charge in [0.2, 0.25) is 0 Å². The summed E-state index contributed by atoms with van der Waals surface area (Å²) >= 11 is 11.8. The molecule has 1 aromatic heterocycles. The summed E-state index contributed by atoms with van der Waals surface area (Å²) < 4.78 is 1.91. The van der Waals surface area contributed by atoms with E-state index in [2.05, 4.69) is 11.1 Å². The second kappa shape index (κ2) is 5.22. The standard InChI is InChI=1S/C12H9Cl2N3/c13-4-11-7-17(8-16-11)6-10-2-1-9(5-15)3-12(10)14/h1-3,7-8H,4,6H2. The summed E-state index contributed by atoms with van der Waals surface area (Å²) in [6, 6.07) is 7.31. The number of nitriles is 1. The molecule has 0 saturated carbocycles. The molecular formula is C12H9Cl2N3. The van der Waals surface area contributed by atoms with Crippen LogP contribution in [-0.2, 0) is 12.4 Å². The minimum atomic E-state index is 0.397. The van der Waals surface area contributed by atoms with Crippen LogP contribution in [0.3, 0.4) is 0 Å². The van der Waals surface area contributed by atoms with Crippen molar-refractivity contribution in [3.8, 4) is 6.07 Å². The van der Waals surface area contributed by atoms with E-state index in [0.29, 0.717) is 23.0 Å². The van der Waals surface area contributed by atoms with Crippen LogP contribution in [0.25, 0.3) is 0 Å². The van der Waals surface area contributed by atoms with Gasteiger partial charge >= 0.3 is 0 Å². The van der Waals surface area contributed by atoms with Crippen LogP contribution in [0, 0.1) is 11.3 Å². The average Bonchev–Trinajstić information content (AvgIpc) is 2.79. The molecule has 1 aromatic carbocycles. The highest BCUT2D eigenvalue weighted by Crippen LogP contribution is 2.19. The topological polar surface area (TPSA) is 41.6 Å². The number of hydrogen-bond donors (Lipinski definition) is 0. The summed E-state index contributed by atoms with van der Waals surface area (Å²) in [7, 11) is 0.